The van der Waals surface area contributed by atoms with Crippen molar-refractivity contribution in [3.05, 3.63) is 34.5 Å². The molecule has 0 atom stereocenters. The molecule has 0 aliphatic rings. The minimum absolute atomic E-state index is 0.125. The molecule has 0 fully saturated rings. The van der Waals surface area contributed by atoms with Gasteiger partial charge in [0.1, 0.15) is 5.58 Å². The normalized spacial score (nSPS) is 11.9. The van der Waals surface area contributed by atoms with E-state index in [1.165, 1.54) is 4.90 Å². The summed E-state index contributed by atoms with van der Waals surface area (Å²) < 4.78 is 5.64. The van der Waals surface area contributed by atoms with E-state index in [4.69, 9.17) is 16.0 Å². The second-order valence-corrected chi connectivity index (χ2v) is 5.97. The zero-order valence-electron chi connectivity index (χ0n) is 12.0. The standard InChI is InChI=1S/C15H18ClNO3/c1-9-11-7-10(16)5-6-12(11)20-13(9)14(19)17(4)15(2,3)8-18/h5-7,18H,8H2,1-4H3. The zero-order valence-corrected chi connectivity index (χ0v) is 12.8. The summed E-state index contributed by atoms with van der Waals surface area (Å²) in [5.41, 5.74) is 0.735. The Morgan fingerprint density at radius 3 is 2.70 bits per heavy atom. The largest absolute Gasteiger partial charge is 0.451 e. The molecule has 1 amide bonds. The van der Waals surface area contributed by atoms with Gasteiger partial charge in [-0.3, -0.25) is 4.79 Å². The molecule has 0 saturated heterocycles. The molecule has 0 bridgehead atoms. The summed E-state index contributed by atoms with van der Waals surface area (Å²) in [5, 5.41) is 10.8. The van der Waals surface area contributed by atoms with E-state index < -0.39 is 5.54 Å². The first-order chi connectivity index (χ1) is 9.27. The third kappa shape index (κ3) is 2.41. The topological polar surface area (TPSA) is 53.7 Å². The van der Waals surface area contributed by atoms with Gasteiger partial charge in [-0.2, -0.15) is 0 Å². The number of nitrogens with zero attached hydrogens (tertiary/aromatic N) is 1. The molecule has 5 heteroatoms. The van der Waals surface area contributed by atoms with E-state index in [0.717, 1.165) is 10.9 Å². The van der Waals surface area contributed by atoms with E-state index in [0.29, 0.717) is 10.6 Å². The van der Waals surface area contributed by atoms with Crippen molar-refractivity contribution in [3.63, 3.8) is 0 Å². The fraction of sp³-hybridized carbons (Fsp3) is 0.400. The molecule has 0 aliphatic carbocycles. The first-order valence-electron chi connectivity index (χ1n) is 6.35. The number of halogens is 1. The summed E-state index contributed by atoms with van der Waals surface area (Å²) in [4.78, 5) is 14.0. The highest BCUT2D eigenvalue weighted by Crippen LogP contribution is 2.29. The predicted molar refractivity (Wildman–Crippen MR) is 79.2 cm³/mol. The number of likely N-dealkylation sites (N-methyl/N-ethyl adjacent to an activating group) is 1. The Bertz CT molecular complexity index is 660. The molecule has 0 saturated carbocycles. The molecular weight excluding hydrogens is 278 g/mol. The van der Waals surface area contributed by atoms with Crippen LogP contribution in [0.4, 0.5) is 0 Å². The Hall–Kier alpha value is -1.52. The van der Waals surface area contributed by atoms with Gasteiger partial charge in [0.25, 0.3) is 5.91 Å². The van der Waals surface area contributed by atoms with Crippen LogP contribution < -0.4 is 0 Å². The Kier molecular flexibility index (Phi) is 3.80. The molecule has 1 aromatic carbocycles. The fourth-order valence-corrected chi connectivity index (χ4v) is 2.10. The van der Waals surface area contributed by atoms with E-state index in [-0.39, 0.29) is 18.3 Å². The summed E-state index contributed by atoms with van der Waals surface area (Å²) in [7, 11) is 1.65. The van der Waals surface area contributed by atoms with Gasteiger partial charge in [-0.15, -0.1) is 0 Å². The fourth-order valence-electron chi connectivity index (χ4n) is 1.93. The highest BCUT2D eigenvalue weighted by atomic mass is 35.5. The Labute approximate surface area is 122 Å². The minimum atomic E-state index is -0.653. The number of carbonyl (C=O) groups excluding carboxylic acids is 1. The minimum Gasteiger partial charge on any atom is -0.451 e. The van der Waals surface area contributed by atoms with Crippen molar-refractivity contribution in [2.45, 2.75) is 26.3 Å². The number of fused-ring (bicyclic) bond motifs is 1. The van der Waals surface area contributed by atoms with E-state index in [9.17, 15) is 9.90 Å². The summed E-state index contributed by atoms with van der Waals surface area (Å²) in [6.07, 6.45) is 0. The lowest BCUT2D eigenvalue weighted by Gasteiger charge is -2.33. The van der Waals surface area contributed by atoms with Crippen LogP contribution in [-0.4, -0.2) is 35.1 Å². The Morgan fingerprint density at radius 2 is 2.10 bits per heavy atom. The zero-order chi connectivity index (χ0) is 15.1. The second kappa shape index (κ2) is 5.11. The maximum absolute atomic E-state index is 12.5. The lowest BCUT2D eigenvalue weighted by molar-refractivity contribution is 0.0445. The molecule has 108 valence electrons. The van der Waals surface area contributed by atoms with Crippen LogP contribution in [0.2, 0.25) is 5.02 Å². The van der Waals surface area contributed by atoms with Crippen LogP contribution in [-0.2, 0) is 0 Å². The molecule has 0 radical (unpaired) electrons. The van der Waals surface area contributed by atoms with E-state index in [2.05, 4.69) is 0 Å². The Balaban J connectivity index is 2.48. The van der Waals surface area contributed by atoms with Crippen LogP contribution in [0.3, 0.4) is 0 Å². The number of hydrogen-bond donors (Lipinski definition) is 1. The molecule has 20 heavy (non-hydrogen) atoms. The lowest BCUT2D eigenvalue weighted by atomic mass is 10.0. The number of hydrogen-bond acceptors (Lipinski definition) is 3. The maximum atomic E-state index is 12.5. The van der Waals surface area contributed by atoms with Crippen molar-refractivity contribution in [1.29, 1.82) is 0 Å². The smallest absolute Gasteiger partial charge is 0.290 e. The molecule has 0 aliphatic heterocycles. The molecular formula is C15H18ClNO3. The van der Waals surface area contributed by atoms with Gasteiger partial charge < -0.3 is 14.4 Å². The van der Waals surface area contributed by atoms with Gasteiger partial charge in [0.05, 0.1) is 12.1 Å². The molecule has 0 spiro atoms. The van der Waals surface area contributed by atoms with Crippen molar-refractivity contribution in [2.24, 2.45) is 0 Å². The van der Waals surface area contributed by atoms with E-state index in [1.54, 1.807) is 39.1 Å². The number of amides is 1. The molecule has 1 aromatic heterocycles. The summed E-state index contributed by atoms with van der Waals surface area (Å²) in [6, 6.07) is 5.25. The average molecular weight is 296 g/mol. The average Bonchev–Trinajstić information content (AvgIpc) is 2.74. The van der Waals surface area contributed by atoms with Gasteiger partial charge in [0, 0.05) is 23.0 Å². The van der Waals surface area contributed by atoms with Crippen LogP contribution in [0, 0.1) is 6.92 Å². The predicted octanol–water partition coefficient (Wildman–Crippen LogP) is 3.24. The number of carbonyl (C=O) groups is 1. The SMILES string of the molecule is Cc1c(C(=O)N(C)C(C)(C)CO)oc2ccc(Cl)cc12. The van der Waals surface area contributed by atoms with Crippen molar-refractivity contribution in [2.75, 3.05) is 13.7 Å². The molecule has 4 nitrogen and oxygen atoms in total. The van der Waals surface area contributed by atoms with Gasteiger partial charge in [-0.25, -0.2) is 0 Å². The van der Waals surface area contributed by atoms with Gasteiger partial charge in [-0.05, 0) is 39.0 Å². The van der Waals surface area contributed by atoms with Crippen molar-refractivity contribution in [1.82, 2.24) is 4.90 Å². The number of furan rings is 1. The number of aryl methyl sites for hydroxylation is 1. The first-order valence-corrected chi connectivity index (χ1v) is 6.73. The van der Waals surface area contributed by atoms with Gasteiger partial charge in [-0.1, -0.05) is 11.6 Å². The van der Waals surface area contributed by atoms with Gasteiger partial charge in [0.15, 0.2) is 5.76 Å². The van der Waals surface area contributed by atoms with Crippen molar-refractivity contribution >= 4 is 28.5 Å². The van der Waals surface area contributed by atoms with Crippen LogP contribution in [0.15, 0.2) is 22.6 Å². The molecule has 2 aromatic rings. The van der Waals surface area contributed by atoms with Crippen LogP contribution in [0.1, 0.15) is 30.0 Å². The van der Waals surface area contributed by atoms with Gasteiger partial charge >= 0.3 is 0 Å². The third-order valence-corrected chi connectivity index (χ3v) is 3.93. The molecule has 2 rings (SSSR count). The highest BCUT2D eigenvalue weighted by Gasteiger charge is 2.30. The van der Waals surface area contributed by atoms with Crippen LogP contribution in [0.25, 0.3) is 11.0 Å². The summed E-state index contributed by atoms with van der Waals surface area (Å²) in [6.45, 7) is 5.29. The second-order valence-electron chi connectivity index (χ2n) is 5.53. The first kappa shape index (κ1) is 14.9. The van der Waals surface area contributed by atoms with E-state index >= 15 is 0 Å². The van der Waals surface area contributed by atoms with Crippen molar-refractivity contribution in [3.8, 4) is 0 Å². The third-order valence-electron chi connectivity index (χ3n) is 3.69. The van der Waals surface area contributed by atoms with Crippen molar-refractivity contribution < 1.29 is 14.3 Å². The number of aliphatic hydroxyl groups excluding tert-OH is 1. The lowest BCUT2D eigenvalue weighted by Crippen LogP contribution is -2.47. The van der Waals surface area contributed by atoms with Crippen LogP contribution >= 0.6 is 11.6 Å². The number of rotatable bonds is 3. The number of aliphatic hydroxyl groups is 1. The highest BCUT2D eigenvalue weighted by molar-refractivity contribution is 6.31. The molecule has 1 heterocycles. The van der Waals surface area contributed by atoms with E-state index in [1.807, 2.05) is 6.92 Å². The molecule has 1 N–H and O–H groups in total. The number of benzene rings is 1. The van der Waals surface area contributed by atoms with Crippen LogP contribution in [0.5, 0.6) is 0 Å². The van der Waals surface area contributed by atoms with Gasteiger partial charge in [0.2, 0.25) is 0 Å². The monoisotopic (exact) mass is 295 g/mol. The Morgan fingerprint density at radius 1 is 1.45 bits per heavy atom. The summed E-state index contributed by atoms with van der Waals surface area (Å²) in [5.74, 6) is 0.0279. The summed E-state index contributed by atoms with van der Waals surface area (Å²) >= 11 is 5.97. The maximum Gasteiger partial charge on any atom is 0.290 e. The quantitative estimate of drug-likeness (QED) is 0.946. The molecule has 0 unspecified atom stereocenters.